The number of benzene rings is 1. The number of likely N-dealkylation sites (N-methyl/N-ethyl adjacent to an activating group) is 1. The van der Waals surface area contributed by atoms with Crippen molar-refractivity contribution in [1.82, 2.24) is 15.2 Å². The van der Waals surface area contributed by atoms with Gasteiger partial charge in [0.05, 0.1) is 0 Å². The van der Waals surface area contributed by atoms with E-state index in [1.54, 1.807) is 26.2 Å². The summed E-state index contributed by atoms with van der Waals surface area (Å²) < 4.78 is 5.51. The third-order valence-corrected chi connectivity index (χ3v) is 4.58. The Morgan fingerprint density at radius 2 is 1.93 bits per heavy atom. The van der Waals surface area contributed by atoms with E-state index in [-0.39, 0.29) is 24.2 Å². The minimum Gasteiger partial charge on any atom is -0.484 e. The van der Waals surface area contributed by atoms with Gasteiger partial charge in [-0.3, -0.25) is 14.4 Å². The molecule has 2 amide bonds. The minimum absolute atomic E-state index is 0.0429. The summed E-state index contributed by atoms with van der Waals surface area (Å²) >= 11 is 0. The standard InChI is InChI=1S/C22H29N3O4/c1-6-8-18-20(15(3)26)14(2)24-21(18)22(28)23-12-16-9-7-10-17(11-16)29-13-19(27)25(4)5/h7,9-11,24H,6,8,12-13H2,1-5H3,(H,23,28). The van der Waals surface area contributed by atoms with Gasteiger partial charge in [-0.25, -0.2) is 0 Å². The molecule has 7 heteroatoms. The number of rotatable bonds is 9. The van der Waals surface area contributed by atoms with E-state index in [9.17, 15) is 14.4 Å². The Labute approximate surface area is 171 Å². The van der Waals surface area contributed by atoms with Crippen LogP contribution >= 0.6 is 0 Å². The number of ketones is 1. The first-order valence-corrected chi connectivity index (χ1v) is 9.67. The van der Waals surface area contributed by atoms with E-state index in [0.717, 1.165) is 17.5 Å². The first-order chi connectivity index (χ1) is 13.7. The van der Waals surface area contributed by atoms with Crippen LogP contribution in [0.4, 0.5) is 0 Å². The van der Waals surface area contributed by atoms with E-state index in [1.807, 2.05) is 26.0 Å². The van der Waals surface area contributed by atoms with Crippen molar-refractivity contribution in [3.63, 3.8) is 0 Å². The molecule has 1 aromatic carbocycles. The fraction of sp³-hybridized carbons (Fsp3) is 0.409. The third-order valence-electron chi connectivity index (χ3n) is 4.58. The number of amides is 2. The molecule has 156 valence electrons. The van der Waals surface area contributed by atoms with Gasteiger partial charge in [-0.15, -0.1) is 0 Å². The molecule has 0 saturated heterocycles. The molecule has 0 aliphatic carbocycles. The van der Waals surface area contributed by atoms with E-state index >= 15 is 0 Å². The Balaban J connectivity index is 2.08. The highest BCUT2D eigenvalue weighted by Crippen LogP contribution is 2.22. The van der Waals surface area contributed by atoms with Crippen LogP contribution in [0.5, 0.6) is 5.75 Å². The lowest BCUT2D eigenvalue weighted by Gasteiger charge is -2.12. The Kier molecular flexibility index (Phi) is 7.59. The van der Waals surface area contributed by atoms with Crippen molar-refractivity contribution >= 4 is 17.6 Å². The van der Waals surface area contributed by atoms with E-state index in [1.165, 1.54) is 11.8 Å². The van der Waals surface area contributed by atoms with Crippen LogP contribution in [0, 0.1) is 6.92 Å². The lowest BCUT2D eigenvalue weighted by atomic mass is 10.0. The van der Waals surface area contributed by atoms with Gasteiger partial charge in [0.15, 0.2) is 12.4 Å². The van der Waals surface area contributed by atoms with Crippen molar-refractivity contribution in [3.05, 3.63) is 52.3 Å². The largest absolute Gasteiger partial charge is 0.484 e. The molecule has 0 unspecified atom stereocenters. The molecule has 0 saturated carbocycles. The second kappa shape index (κ2) is 9.91. The fourth-order valence-electron chi connectivity index (χ4n) is 3.14. The van der Waals surface area contributed by atoms with Crippen LogP contribution < -0.4 is 10.1 Å². The number of aromatic amines is 1. The molecule has 7 nitrogen and oxygen atoms in total. The second-order valence-electron chi connectivity index (χ2n) is 7.19. The van der Waals surface area contributed by atoms with Crippen molar-refractivity contribution in [2.75, 3.05) is 20.7 Å². The van der Waals surface area contributed by atoms with Gasteiger partial charge in [-0.05, 0) is 43.5 Å². The molecule has 2 aromatic rings. The number of hydrogen-bond donors (Lipinski definition) is 2. The highest BCUT2D eigenvalue weighted by molar-refractivity contribution is 6.02. The van der Waals surface area contributed by atoms with Crippen LogP contribution in [-0.2, 0) is 17.8 Å². The number of Topliss-reactive ketones (excluding diaryl/α,β-unsaturated/α-hetero) is 1. The molecule has 0 bridgehead atoms. The summed E-state index contributed by atoms with van der Waals surface area (Å²) in [4.78, 5) is 40.9. The highest BCUT2D eigenvalue weighted by Gasteiger charge is 2.22. The maximum absolute atomic E-state index is 12.7. The number of nitrogens with zero attached hydrogens (tertiary/aromatic N) is 1. The average Bonchev–Trinajstić information content (AvgIpc) is 3.01. The molecule has 0 spiro atoms. The summed E-state index contributed by atoms with van der Waals surface area (Å²) in [6, 6.07) is 7.24. The van der Waals surface area contributed by atoms with E-state index in [4.69, 9.17) is 4.74 Å². The van der Waals surface area contributed by atoms with Crippen LogP contribution in [0.2, 0.25) is 0 Å². The molecule has 1 aromatic heterocycles. The smallest absolute Gasteiger partial charge is 0.268 e. The van der Waals surface area contributed by atoms with Gasteiger partial charge in [0.1, 0.15) is 11.4 Å². The maximum atomic E-state index is 12.7. The summed E-state index contributed by atoms with van der Waals surface area (Å²) in [6.45, 7) is 5.60. The van der Waals surface area contributed by atoms with Crippen molar-refractivity contribution < 1.29 is 19.1 Å². The van der Waals surface area contributed by atoms with Gasteiger partial charge in [0, 0.05) is 31.9 Å². The zero-order chi connectivity index (χ0) is 21.6. The van der Waals surface area contributed by atoms with Crippen molar-refractivity contribution in [2.24, 2.45) is 0 Å². The number of aryl methyl sites for hydroxylation is 1. The van der Waals surface area contributed by atoms with E-state index < -0.39 is 0 Å². The molecule has 0 aliphatic heterocycles. The van der Waals surface area contributed by atoms with Gasteiger partial charge >= 0.3 is 0 Å². The molecular formula is C22H29N3O4. The molecule has 0 atom stereocenters. The van der Waals surface area contributed by atoms with Gasteiger partial charge in [-0.2, -0.15) is 0 Å². The fourth-order valence-corrected chi connectivity index (χ4v) is 3.14. The van der Waals surface area contributed by atoms with Gasteiger partial charge < -0.3 is 19.9 Å². The Bertz CT molecular complexity index is 899. The summed E-state index contributed by atoms with van der Waals surface area (Å²) in [6.07, 6.45) is 1.49. The average molecular weight is 399 g/mol. The number of ether oxygens (including phenoxy) is 1. The number of aromatic nitrogens is 1. The van der Waals surface area contributed by atoms with Gasteiger partial charge in [0.2, 0.25) is 0 Å². The van der Waals surface area contributed by atoms with Gasteiger partial charge in [-0.1, -0.05) is 25.5 Å². The van der Waals surface area contributed by atoms with Crippen LogP contribution in [0.15, 0.2) is 24.3 Å². The Morgan fingerprint density at radius 1 is 1.21 bits per heavy atom. The predicted molar refractivity (Wildman–Crippen MR) is 111 cm³/mol. The molecule has 0 fully saturated rings. The number of hydrogen-bond acceptors (Lipinski definition) is 4. The SMILES string of the molecule is CCCc1c(C(=O)NCc2cccc(OCC(=O)N(C)C)c2)[nH]c(C)c1C(C)=O. The molecular weight excluding hydrogens is 370 g/mol. The number of carbonyl (C=O) groups excluding carboxylic acids is 3. The Hall–Kier alpha value is -3.09. The summed E-state index contributed by atoms with van der Waals surface area (Å²) in [5, 5.41) is 2.89. The molecule has 2 N–H and O–H groups in total. The van der Waals surface area contributed by atoms with E-state index in [0.29, 0.717) is 35.7 Å². The number of H-pyrrole nitrogens is 1. The number of nitrogens with one attached hydrogen (secondary N) is 2. The quantitative estimate of drug-likeness (QED) is 0.634. The van der Waals surface area contributed by atoms with Crippen LogP contribution in [0.1, 0.15) is 57.9 Å². The van der Waals surface area contributed by atoms with Gasteiger partial charge in [0.25, 0.3) is 11.8 Å². The topological polar surface area (TPSA) is 91.5 Å². The van der Waals surface area contributed by atoms with Crippen LogP contribution in [-0.4, -0.2) is 48.2 Å². The monoisotopic (exact) mass is 399 g/mol. The van der Waals surface area contributed by atoms with Crippen molar-refractivity contribution in [1.29, 1.82) is 0 Å². The second-order valence-corrected chi connectivity index (χ2v) is 7.19. The van der Waals surface area contributed by atoms with Crippen molar-refractivity contribution in [2.45, 2.75) is 40.2 Å². The summed E-state index contributed by atoms with van der Waals surface area (Å²) in [7, 11) is 3.34. The summed E-state index contributed by atoms with van der Waals surface area (Å²) in [5.74, 6) is 0.139. The predicted octanol–water partition coefficient (Wildman–Crippen LogP) is 2.88. The molecule has 1 heterocycles. The van der Waals surface area contributed by atoms with Crippen molar-refractivity contribution in [3.8, 4) is 5.75 Å². The lowest BCUT2D eigenvalue weighted by Crippen LogP contribution is -2.27. The maximum Gasteiger partial charge on any atom is 0.268 e. The van der Waals surface area contributed by atoms with Crippen LogP contribution in [0.3, 0.4) is 0 Å². The first-order valence-electron chi connectivity index (χ1n) is 9.67. The minimum atomic E-state index is -0.252. The lowest BCUT2D eigenvalue weighted by molar-refractivity contribution is -0.130. The Morgan fingerprint density at radius 3 is 2.55 bits per heavy atom. The highest BCUT2D eigenvalue weighted by atomic mass is 16.5. The normalized spacial score (nSPS) is 10.5. The molecule has 2 rings (SSSR count). The zero-order valence-electron chi connectivity index (χ0n) is 17.7. The molecule has 29 heavy (non-hydrogen) atoms. The third kappa shape index (κ3) is 5.70. The van der Waals surface area contributed by atoms with E-state index in [2.05, 4.69) is 10.3 Å². The van der Waals surface area contributed by atoms with Crippen LogP contribution in [0.25, 0.3) is 0 Å². The number of carbonyl (C=O) groups is 3. The molecule has 0 aliphatic rings. The zero-order valence-corrected chi connectivity index (χ0v) is 17.7. The first kappa shape index (κ1) is 22.2. The molecule has 0 radical (unpaired) electrons. The summed E-state index contributed by atoms with van der Waals surface area (Å²) in [5.41, 5.74) is 3.39.